The van der Waals surface area contributed by atoms with Crippen molar-refractivity contribution in [3.63, 3.8) is 0 Å². The van der Waals surface area contributed by atoms with Crippen molar-refractivity contribution in [3.05, 3.63) is 88.4 Å². The summed E-state index contributed by atoms with van der Waals surface area (Å²) in [6, 6.07) is 16.7. The molecule has 10 heteroatoms. The van der Waals surface area contributed by atoms with Gasteiger partial charge in [-0.25, -0.2) is 13.1 Å². The highest BCUT2D eigenvalue weighted by Gasteiger charge is 2.51. The predicted octanol–water partition coefficient (Wildman–Crippen LogP) is 6.21. The van der Waals surface area contributed by atoms with E-state index in [1.807, 2.05) is 43.3 Å². The van der Waals surface area contributed by atoms with E-state index in [1.54, 1.807) is 12.1 Å². The van der Waals surface area contributed by atoms with Crippen LogP contribution in [0.1, 0.15) is 47.4 Å². The fourth-order valence-corrected chi connectivity index (χ4v) is 7.15. The Hall–Kier alpha value is -2.79. The Morgan fingerprint density at radius 2 is 1.81 bits per heavy atom. The summed E-state index contributed by atoms with van der Waals surface area (Å²) in [5, 5.41) is 10.6. The summed E-state index contributed by atoms with van der Waals surface area (Å²) in [6.45, 7) is 2.64. The maximum absolute atomic E-state index is 13.5. The Morgan fingerprint density at radius 1 is 1.08 bits per heavy atom. The molecule has 2 aromatic heterocycles. The number of alkyl halides is 3. The lowest BCUT2D eigenvalue weighted by Crippen LogP contribution is -2.39. The first-order chi connectivity index (χ1) is 17.4. The number of benzene rings is 2. The van der Waals surface area contributed by atoms with E-state index >= 15 is 0 Å². The lowest BCUT2D eigenvalue weighted by molar-refractivity contribution is -0.258. The van der Waals surface area contributed by atoms with E-state index in [1.165, 1.54) is 23.6 Å². The van der Waals surface area contributed by atoms with Crippen LogP contribution in [0.15, 0.2) is 66.9 Å². The highest BCUT2D eigenvalue weighted by molar-refractivity contribution is 7.90. The SMILES string of the molecule is Cc1ccccc1C(NS(=O)(=O)C1CC1)c1cc2cccc(-c3cc(C(C)(O)C(F)(F)F)ccn3)c2s1. The van der Waals surface area contributed by atoms with Crippen LogP contribution < -0.4 is 4.72 Å². The molecule has 5 nitrogen and oxygen atoms in total. The summed E-state index contributed by atoms with van der Waals surface area (Å²) in [5.74, 6) is 0. The zero-order valence-electron chi connectivity index (χ0n) is 20.1. The van der Waals surface area contributed by atoms with Crippen LogP contribution in [0.25, 0.3) is 21.3 Å². The monoisotopic (exact) mass is 546 g/mol. The average Bonchev–Trinajstić information content (AvgIpc) is 3.62. The van der Waals surface area contributed by atoms with Crippen LogP contribution in [0.4, 0.5) is 13.2 Å². The van der Waals surface area contributed by atoms with E-state index in [4.69, 9.17) is 0 Å². The van der Waals surface area contributed by atoms with Crippen molar-refractivity contribution in [3.8, 4) is 11.3 Å². The standard InChI is InChI=1S/C27H25F3N2O3S2/c1-16-6-3-4-8-20(16)24(32-37(34,35)19-10-11-19)23-14-17-7-5-9-21(25(17)36-23)22-15-18(12-13-31-22)26(2,33)27(28,29)30/h3-9,12-15,19,24,32-33H,10-11H2,1-2H3. The van der Waals surface area contributed by atoms with Crippen LogP contribution in [0.5, 0.6) is 0 Å². The maximum Gasteiger partial charge on any atom is 0.421 e. The van der Waals surface area contributed by atoms with Crippen molar-refractivity contribution < 1.29 is 26.7 Å². The Bertz CT molecular complexity index is 1580. The molecular formula is C27H25F3N2O3S2. The van der Waals surface area contributed by atoms with Gasteiger partial charge in [-0.2, -0.15) is 13.2 Å². The molecule has 1 fully saturated rings. The Balaban J connectivity index is 1.62. The number of thiophene rings is 1. The first-order valence-corrected chi connectivity index (χ1v) is 14.1. The maximum atomic E-state index is 13.5. The summed E-state index contributed by atoms with van der Waals surface area (Å²) in [5.41, 5.74) is -0.687. The first-order valence-electron chi connectivity index (χ1n) is 11.7. The second kappa shape index (κ2) is 9.20. The molecule has 2 unspecified atom stereocenters. The lowest BCUT2D eigenvalue weighted by Gasteiger charge is -2.26. The van der Waals surface area contributed by atoms with Crippen molar-refractivity contribution in [1.82, 2.24) is 9.71 Å². The van der Waals surface area contributed by atoms with Gasteiger partial charge >= 0.3 is 6.18 Å². The van der Waals surface area contributed by atoms with Crippen LogP contribution in [0, 0.1) is 6.92 Å². The van der Waals surface area contributed by atoms with Gasteiger partial charge in [-0.05, 0) is 67.0 Å². The third-order valence-electron chi connectivity index (χ3n) is 6.74. The van der Waals surface area contributed by atoms with E-state index in [0.717, 1.165) is 32.2 Å². The molecule has 0 bridgehead atoms. The fourth-order valence-electron chi connectivity index (χ4n) is 4.30. The summed E-state index contributed by atoms with van der Waals surface area (Å²) in [4.78, 5) is 5.05. The summed E-state index contributed by atoms with van der Waals surface area (Å²) in [7, 11) is -3.53. The third kappa shape index (κ3) is 4.90. The molecule has 5 rings (SSSR count). The van der Waals surface area contributed by atoms with Gasteiger partial charge < -0.3 is 5.11 Å². The number of hydrogen-bond donors (Lipinski definition) is 2. The van der Waals surface area contributed by atoms with Crippen molar-refractivity contribution in [2.45, 2.75) is 49.8 Å². The second-order valence-electron chi connectivity index (χ2n) is 9.52. The van der Waals surface area contributed by atoms with Crippen molar-refractivity contribution >= 4 is 31.4 Å². The van der Waals surface area contributed by atoms with Gasteiger partial charge in [0.05, 0.1) is 17.0 Å². The quantitative estimate of drug-likeness (QED) is 0.289. The van der Waals surface area contributed by atoms with Gasteiger partial charge in [-0.15, -0.1) is 11.3 Å². The topological polar surface area (TPSA) is 79.3 Å². The van der Waals surface area contributed by atoms with Gasteiger partial charge in [0.1, 0.15) is 0 Å². The molecule has 194 valence electrons. The number of aliphatic hydroxyl groups is 1. The average molecular weight is 547 g/mol. The molecule has 2 N–H and O–H groups in total. The summed E-state index contributed by atoms with van der Waals surface area (Å²) in [6.07, 6.45) is -2.34. The number of sulfonamides is 1. The van der Waals surface area contributed by atoms with Gasteiger partial charge in [0, 0.05) is 21.3 Å². The zero-order valence-corrected chi connectivity index (χ0v) is 21.7. The summed E-state index contributed by atoms with van der Waals surface area (Å²) < 4.78 is 69.9. The van der Waals surface area contributed by atoms with Crippen molar-refractivity contribution in [2.24, 2.45) is 0 Å². The Morgan fingerprint density at radius 3 is 2.49 bits per heavy atom. The number of aryl methyl sites for hydroxylation is 1. The first kappa shape index (κ1) is 25.8. The molecule has 1 aliphatic carbocycles. The number of fused-ring (bicyclic) bond motifs is 1. The molecule has 2 heterocycles. The molecule has 0 aliphatic heterocycles. The van der Waals surface area contributed by atoms with E-state index in [-0.39, 0.29) is 11.3 Å². The molecule has 0 radical (unpaired) electrons. The van der Waals surface area contributed by atoms with Crippen LogP contribution in [0.2, 0.25) is 0 Å². The van der Waals surface area contributed by atoms with Gasteiger partial charge in [0.2, 0.25) is 10.0 Å². The van der Waals surface area contributed by atoms with Gasteiger partial charge in [-0.1, -0.05) is 42.5 Å². The van der Waals surface area contributed by atoms with Crippen LogP contribution in [0.3, 0.4) is 0 Å². The molecule has 1 aliphatic rings. The number of rotatable bonds is 7. The van der Waals surface area contributed by atoms with Crippen LogP contribution >= 0.6 is 11.3 Å². The van der Waals surface area contributed by atoms with E-state index in [9.17, 15) is 26.7 Å². The number of nitrogens with one attached hydrogen (secondary N) is 1. The van der Waals surface area contributed by atoms with Gasteiger partial charge in [-0.3, -0.25) is 4.98 Å². The third-order valence-corrected chi connectivity index (χ3v) is 9.90. The van der Waals surface area contributed by atoms with Gasteiger partial charge in [0.15, 0.2) is 5.60 Å². The highest BCUT2D eigenvalue weighted by Crippen LogP contribution is 2.42. The minimum atomic E-state index is -4.85. The van der Waals surface area contributed by atoms with E-state index < -0.39 is 33.1 Å². The minimum Gasteiger partial charge on any atom is -0.376 e. The molecule has 1 saturated carbocycles. The van der Waals surface area contributed by atoms with E-state index in [0.29, 0.717) is 25.3 Å². The molecule has 0 amide bonds. The van der Waals surface area contributed by atoms with Crippen molar-refractivity contribution in [1.29, 1.82) is 0 Å². The normalized spacial score (nSPS) is 17.0. The Kier molecular flexibility index (Phi) is 6.42. The number of hydrogen-bond acceptors (Lipinski definition) is 5. The van der Waals surface area contributed by atoms with E-state index in [2.05, 4.69) is 9.71 Å². The Labute approximate surface area is 217 Å². The lowest BCUT2D eigenvalue weighted by atomic mass is 9.94. The highest BCUT2D eigenvalue weighted by atomic mass is 32.2. The zero-order chi connectivity index (χ0) is 26.6. The van der Waals surface area contributed by atoms with Gasteiger partial charge in [0.25, 0.3) is 0 Å². The smallest absolute Gasteiger partial charge is 0.376 e. The molecule has 0 saturated heterocycles. The molecule has 2 aromatic carbocycles. The van der Waals surface area contributed by atoms with Crippen molar-refractivity contribution in [2.75, 3.05) is 0 Å². The number of aromatic nitrogens is 1. The molecule has 37 heavy (non-hydrogen) atoms. The summed E-state index contributed by atoms with van der Waals surface area (Å²) >= 11 is 1.37. The molecule has 2 atom stereocenters. The minimum absolute atomic E-state index is 0.284. The fraction of sp³-hybridized carbons (Fsp3) is 0.296. The van der Waals surface area contributed by atoms with Crippen LogP contribution in [-0.2, 0) is 15.6 Å². The number of pyridine rings is 1. The number of halogens is 3. The molecule has 0 spiro atoms. The largest absolute Gasteiger partial charge is 0.421 e. The molecular weight excluding hydrogens is 521 g/mol. The van der Waals surface area contributed by atoms with Crippen LogP contribution in [-0.4, -0.2) is 29.9 Å². The second-order valence-corrected chi connectivity index (χ2v) is 12.6. The number of nitrogens with zero attached hydrogens (tertiary/aromatic N) is 1. The molecule has 4 aromatic rings. The predicted molar refractivity (Wildman–Crippen MR) is 139 cm³/mol.